The Morgan fingerprint density at radius 1 is 1.17 bits per heavy atom. The maximum atomic E-state index is 12.3. The van der Waals surface area contributed by atoms with Crippen molar-refractivity contribution in [3.05, 3.63) is 29.8 Å². The Morgan fingerprint density at radius 2 is 1.78 bits per heavy atom. The van der Waals surface area contributed by atoms with E-state index in [1.54, 1.807) is 6.26 Å². The molecule has 0 spiro atoms. The van der Waals surface area contributed by atoms with E-state index in [0.717, 1.165) is 0 Å². The second kappa shape index (κ2) is 9.01. The fraction of sp³-hybridized carbons (Fsp3) is 0.357. The normalized spacial score (nSPS) is 13.0. The number of nitrogens with one attached hydrogen (secondary N) is 2. The highest BCUT2D eigenvalue weighted by Gasteiger charge is 2.27. The van der Waals surface area contributed by atoms with E-state index in [1.165, 1.54) is 36.0 Å². The van der Waals surface area contributed by atoms with Crippen molar-refractivity contribution in [1.82, 2.24) is 10.6 Å². The van der Waals surface area contributed by atoms with Gasteiger partial charge in [-0.05, 0) is 24.0 Å². The summed E-state index contributed by atoms with van der Waals surface area (Å²) in [4.78, 5) is 34.8. The lowest BCUT2D eigenvalue weighted by Gasteiger charge is -2.21. The number of rotatable bonds is 8. The van der Waals surface area contributed by atoms with E-state index in [9.17, 15) is 24.6 Å². The molecule has 8 nitrogen and oxygen atoms in total. The maximum Gasteiger partial charge on any atom is 0.327 e. The third-order valence-corrected chi connectivity index (χ3v) is 3.54. The fourth-order valence-corrected chi connectivity index (χ4v) is 2.33. The first-order valence-electron chi connectivity index (χ1n) is 6.57. The third-order valence-electron chi connectivity index (χ3n) is 2.87. The van der Waals surface area contributed by atoms with E-state index in [1.807, 2.05) is 0 Å². The van der Waals surface area contributed by atoms with Crippen LogP contribution in [0.1, 0.15) is 11.6 Å². The molecule has 1 aromatic carbocycles. The molecular formula is C14H17N2O6S. The quantitative estimate of drug-likeness (QED) is 0.522. The van der Waals surface area contributed by atoms with Crippen LogP contribution in [0.15, 0.2) is 24.3 Å². The molecular weight excluding hydrogens is 324 g/mol. The highest BCUT2D eigenvalue weighted by Crippen LogP contribution is 2.17. The number of hydrogen-bond donors (Lipinski definition) is 4. The summed E-state index contributed by atoms with van der Waals surface area (Å²) in [7, 11) is 0. The summed E-state index contributed by atoms with van der Waals surface area (Å²) in [5.41, 5.74) is 0.315. The van der Waals surface area contributed by atoms with Crippen LogP contribution in [0.5, 0.6) is 5.75 Å². The first-order valence-corrected chi connectivity index (χ1v) is 7.97. The standard InChI is InChI=1S/C14H17N2O6S/c1-23-7-10(14(21)22)15-13(20)12(16-11(19)6-17)8-2-4-9(18)5-3-8/h2-5,10,12,18H,6-7H2,1H3,(H,15,20)(H,16,19)(H,21,22)/t10-,12+/m0/s1. The Kier molecular flexibility index (Phi) is 7.36. The number of aliphatic carboxylic acids is 1. The number of carboxylic acid groups (broad SMARTS) is 1. The maximum absolute atomic E-state index is 12.3. The van der Waals surface area contributed by atoms with Crippen LogP contribution in [-0.4, -0.2) is 52.7 Å². The number of aromatic hydroxyl groups is 1. The molecule has 0 heterocycles. The predicted octanol–water partition coefficient (Wildman–Crippen LogP) is -0.0876. The Hall–Kier alpha value is -2.26. The van der Waals surface area contributed by atoms with Crippen LogP contribution in [0.3, 0.4) is 0 Å². The molecule has 9 heteroatoms. The van der Waals surface area contributed by atoms with Gasteiger partial charge in [-0.1, -0.05) is 12.1 Å². The molecule has 0 unspecified atom stereocenters. The van der Waals surface area contributed by atoms with Crippen LogP contribution in [0.2, 0.25) is 0 Å². The molecule has 125 valence electrons. The molecule has 0 aliphatic rings. The van der Waals surface area contributed by atoms with E-state index in [0.29, 0.717) is 5.56 Å². The highest BCUT2D eigenvalue weighted by atomic mass is 32.2. The average Bonchev–Trinajstić information content (AvgIpc) is 2.52. The Labute approximate surface area is 136 Å². The molecule has 0 aromatic heterocycles. The molecule has 2 amide bonds. The molecule has 0 aliphatic carbocycles. The van der Waals surface area contributed by atoms with Crippen molar-refractivity contribution in [2.75, 3.05) is 18.6 Å². The lowest BCUT2D eigenvalue weighted by molar-refractivity contribution is -0.141. The van der Waals surface area contributed by atoms with Gasteiger partial charge in [0.25, 0.3) is 0 Å². The first kappa shape index (κ1) is 18.8. The SMILES string of the molecule is CSC[C@H](NC(=O)[C@H](NC(=O)C[O])c1ccc(O)cc1)C(=O)O. The molecule has 0 saturated carbocycles. The summed E-state index contributed by atoms with van der Waals surface area (Å²) in [5.74, 6) is -2.73. The van der Waals surface area contributed by atoms with Crippen molar-refractivity contribution in [1.29, 1.82) is 0 Å². The minimum atomic E-state index is -1.22. The van der Waals surface area contributed by atoms with Crippen molar-refractivity contribution < 1.29 is 29.7 Å². The van der Waals surface area contributed by atoms with E-state index >= 15 is 0 Å². The number of thioether (sulfide) groups is 1. The Balaban J connectivity index is 2.98. The first-order chi connectivity index (χ1) is 10.9. The topological polar surface area (TPSA) is 136 Å². The van der Waals surface area contributed by atoms with Gasteiger partial charge in [0.2, 0.25) is 11.8 Å². The summed E-state index contributed by atoms with van der Waals surface area (Å²) >= 11 is 1.24. The molecule has 0 saturated heterocycles. The Bertz CT molecular complexity index is 563. The number of phenols is 1. The molecule has 2 atom stereocenters. The lowest BCUT2D eigenvalue weighted by atomic mass is 10.1. The summed E-state index contributed by atoms with van der Waals surface area (Å²) in [5, 5.41) is 33.5. The van der Waals surface area contributed by atoms with Gasteiger partial charge in [-0.25, -0.2) is 9.90 Å². The zero-order valence-corrected chi connectivity index (χ0v) is 13.1. The minimum absolute atomic E-state index is 0.0335. The number of carboxylic acids is 1. The van der Waals surface area contributed by atoms with Crippen molar-refractivity contribution >= 4 is 29.5 Å². The molecule has 1 radical (unpaired) electrons. The monoisotopic (exact) mass is 341 g/mol. The summed E-state index contributed by atoms with van der Waals surface area (Å²) < 4.78 is 0. The van der Waals surface area contributed by atoms with Crippen molar-refractivity contribution in [3.63, 3.8) is 0 Å². The van der Waals surface area contributed by atoms with Gasteiger partial charge in [-0.2, -0.15) is 11.8 Å². The predicted molar refractivity (Wildman–Crippen MR) is 82.5 cm³/mol. The fourth-order valence-electron chi connectivity index (χ4n) is 1.77. The number of hydrogen-bond acceptors (Lipinski definition) is 5. The van der Waals surface area contributed by atoms with Gasteiger partial charge < -0.3 is 20.8 Å². The van der Waals surface area contributed by atoms with E-state index in [-0.39, 0.29) is 11.5 Å². The highest BCUT2D eigenvalue weighted by molar-refractivity contribution is 7.98. The van der Waals surface area contributed by atoms with Crippen molar-refractivity contribution in [3.8, 4) is 5.75 Å². The number of carbonyl (C=O) groups excluding carboxylic acids is 2. The smallest absolute Gasteiger partial charge is 0.327 e. The molecule has 4 N–H and O–H groups in total. The van der Waals surface area contributed by atoms with Gasteiger partial charge in [0.1, 0.15) is 17.8 Å². The van der Waals surface area contributed by atoms with E-state index in [2.05, 4.69) is 10.6 Å². The molecule has 0 aliphatic heterocycles. The van der Waals surface area contributed by atoms with Crippen LogP contribution >= 0.6 is 11.8 Å². The van der Waals surface area contributed by atoms with Crippen LogP contribution in [-0.2, 0) is 19.5 Å². The summed E-state index contributed by atoms with van der Waals surface area (Å²) in [6.45, 7) is -1.06. The van der Waals surface area contributed by atoms with Crippen LogP contribution in [0.25, 0.3) is 0 Å². The van der Waals surface area contributed by atoms with Gasteiger partial charge in [0, 0.05) is 5.75 Å². The lowest BCUT2D eigenvalue weighted by Crippen LogP contribution is -2.48. The van der Waals surface area contributed by atoms with Crippen LogP contribution in [0.4, 0.5) is 0 Å². The number of carbonyl (C=O) groups is 3. The zero-order valence-electron chi connectivity index (χ0n) is 12.3. The summed E-state index contributed by atoms with van der Waals surface area (Å²) in [6, 6.07) is 3.08. The molecule has 1 aromatic rings. The zero-order chi connectivity index (χ0) is 17.4. The van der Waals surface area contributed by atoms with Gasteiger partial charge in [-0.15, -0.1) is 0 Å². The summed E-state index contributed by atoms with van der Waals surface area (Å²) in [6.07, 6.45) is 1.69. The molecule has 0 bridgehead atoms. The van der Waals surface area contributed by atoms with E-state index in [4.69, 9.17) is 5.11 Å². The van der Waals surface area contributed by atoms with Crippen molar-refractivity contribution in [2.24, 2.45) is 0 Å². The second-order valence-corrected chi connectivity index (χ2v) is 5.50. The second-order valence-electron chi connectivity index (χ2n) is 4.59. The van der Waals surface area contributed by atoms with Gasteiger partial charge in [-0.3, -0.25) is 9.59 Å². The molecule has 23 heavy (non-hydrogen) atoms. The van der Waals surface area contributed by atoms with Gasteiger partial charge in [0.15, 0.2) is 6.61 Å². The number of benzene rings is 1. The minimum Gasteiger partial charge on any atom is -0.508 e. The Morgan fingerprint density at radius 3 is 2.26 bits per heavy atom. The van der Waals surface area contributed by atoms with Gasteiger partial charge in [0.05, 0.1) is 0 Å². The number of phenolic OH excluding ortho intramolecular Hbond substituents is 1. The van der Waals surface area contributed by atoms with E-state index < -0.39 is 36.5 Å². The third kappa shape index (κ3) is 5.80. The van der Waals surface area contributed by atoms with Crippen LogP contribution < -0.4 is 10.6 Å². The van der Waals surface area contributed by atoms with Crippen molar-refractivity contribution in [2.45, 2.75) is 12.1 Å². The van der Waals surface area contributed by atoms with Crippen LogP contribution in [0, 0.1) is 0 Å². The largest absolute Gasteiger partial charge is 0.508 e. The average molecular weight is 341 g/mol. The molecule has 0 fully saturated rings. The number of amides is 2. The van der Waals surface area contributed by atoms with Gasteiger partial charge >= 0.3 is 5.97 Å². The molecule has 1 rings (SSSR count).